The highest BCUT2D eigenvalue weighted by molar-refractivity contribution is 6.02. The first kappa shape index (κ1) is 23.9. The van der Waals surface area contributed by atoms with Crippen LogP contribution in [-0.2, 0) is 11.2 Å². The van der Waals surface area contributed by atoms with Crippen LogP contribution in [0.2, 0.25) is 0 Å². The number of aliphatic hydroxyl groups excluding tert-OH is 1. The first-order valence-electron chi connectivity index (χ1n) is 10.2. The van der Waals surface area contributed by atoms with Gasteiger partial charge in [-0.15, -0.1) is 0 Å². The number of rotatable bonds is 7. The topological polar surface area (TPSA) is 127 Å². The van der Waals surface area contributed by atoms with Crippen LogP contribution in [0.5, 0.6) is 5.75 Å². The largest absolute Gasteiger partial charge is 0.505 e. The lowest BCUT2D eigenvalue weighted by molar-refractivity contribution is -0.129. The summed E-state index contributed by atoms with van der Waals surface area (Å²) in [4.78, 5) is 47.1. The van der Waals surface area contributed by atoms with Crippen LogP contribution in [-0.4, -0.2) is 75.1 Å². The summed E-state index contributed by atoms with van der Waals surface area (Å²) in [6.45, 7) is 0.700. The Bertz CT molecular complexity index is 1240. The van der Waals surface area contributed by atoms with Crippen LogP contribution >= 0.6 is 0 Å². The van der Waals surface area contributed by atoms with E-state index in [0.717, 1.165) is 10.5 Å². The number of H-pyrrole nitrogens is 1. The van der Waals surface area contributed by atoms with Crippen molar-refractivity contribution in [1.82, 2.24) is 19.8 Å². The van der Waals surface area contributed by atoms with Gasteiger partial charge in [0.05, 0.1) is 18.2 Å². The van der Waals surface area contributed by atoms with E-state index in [0.29, 0.717) is 12.0 Å². The number of benzene rings is 1. The van der Waals surface area contributed by atoms with Crippen LogP contribution in [0.25, 0.3) is 11.0 Å². The van der Waals surface area contributed by atoms with Gasteiger partial charge in [-0.25, -0.2) is 4.39 Å². The molecule has 33 heavy (non-hydrogen) atoms. The maximum Gasteiger partial charge on any atom is 0.265 e. The molecule has 10 heteroatoms. The molecule has 174 valence electrons. The summed E-state index contributed by atoms with van der Waals surface area (Å²) in [5, 5.41) is 20.3. The molecule has 0 saturated carbocycles. The van der Waals surface area contributed by atoms with E-state index in [1.165, 1.54) is 44.2 Å². The number of carbonyl (C=O) groups excluding carboxylic acids is 2. The lowest BCUT2D eigenvalue weighted by Gasteiger charge is -2.28. The van der Waals surface area contributed by atoms with Crippen LogP contribution in [0, 0.1) is 5.82 Å². The number of fused-ring (bicyclic) bond motifs is 1. The molecule has 0 spiro atoms. The predicted octanol–water partition coefficient (Wildman–Crippen LogP) is 1.27. The van der Waals surface area contributed by atoms with Gasteiger partial charge in [0.25, 0.3) is 11.5 Å². The highest BCUT2D eigenvalue weighted by Crippen LogP contribution is 2.25. The number of nitrogens with zero attached hydrogens (tertiary/aromatic N) is 3. The monoisotopic (exact) mass is 456 g/mol. The highest BCUT2D eigenvalue weighted by atomic mass is 19.1. The molecular formula is C23H25FN4O5. The molecule has 2 heterocycles. The van der Waals surface area contributed by atoms with Crippen molar-refractivity contribution in [3.63, 3.8) is 0 Å². The molecule has 0 aliphatic carbocycles. The van der Waals surface area contributed by atoms with E-state index in [-0.39, 0.29) is 23.4 Å². The van der Waals surface area contributed by atoms with Crippen molar-refractivity contribution in [2.45, 2.75) is 19.4 Å². The van der Waals surface area contributed by atoms with Gasteiger partial charge < -0.3 is 25.0 Å². The van der Waals surface area contributed by atoms with Gasteiger partial charge >= 0.3 is 0 Å². The molecule has 0 aliphatic heterocycles. The van der Waals surface area contributed by atoms with Crippen molar-refractivity contribution >= 4 is 22.8 Å². The standard InChI is InChI=1S/C23H25FN4O5/c1-13(12-29)28(11-18(30)27(2)3)23(33)19-21(31)20-17(26-22(19)32)9-15(10-25-20)8-14-4-6-16(24)7-5-14/h4-7,9-10,13,29H,8,11-12H2,1-3H3,(H2,26,31,32). The second-order valence-corrected chi connectivity index (χ2v) is 7.97. The van der Waals surface area contributed by atoms with Gasteiger partial charge in [0.15, 0.2) is 5.75 Å². The number of halogens is 1. The molecule has 0 radical (unpaired) electrons. The molecule has 1 unspecified atom stereocenters. The first-order chi connectivity index (χ1) is 15.6. The fraction of sp³-hybridized carbons (Fsp3) is 0.304. The minimum Gasteiger partial charge on any atom is -0.505 e. The van der Waals surface area contributed by atoms with Crippen molar-refractivity contribution in [1.29, 1.82) is 0 Å². The van der Waals surface area contributed by atoms with Crippen LogP contribution in [0.4, 0.5) is 4.39 Å². The third-order valence-electron chi connectivity index (χ3n) is 5.28. The maximum atomic E-state index is 13.1. The lowest BCUT2D eigenvalue weighted by atomic mass is 10.1. The molecule has 3 aromatic rings. The molecular weight excluding hydrogens is 431 g/mol. The number of aromatic nitrogens is 2. The molecule has 9 nitrogen and oxygen atoms in total. The average molecular weight is 456 g/mol. The van der Waals surface area contributed by atoms with Gasteiger partial charge in [-0.3, -0.25) is 19.4 Å². The van der Waals surface area contributed by atoms with Gasteiger partial charge in [-0.2, -0.15) is 0 Å². The van der Waals surface area contributed by atoms with Gasteiger partial charge in [0, 0.05) is 20.3 Å². The molecule has 3 rings (SSSR count). The summed E-state index contributed by atoms with van der Waals surface area (Å²) in [6.07, 6.45) is 1.91. The summed E-state index contributed by atoms with van der Waals surface area (Å²) in [5.41, 5.74) is 0.355. The van der Waals surface area contributed by atoms with Gasteiger partial charge in [0.2, 0.25) is 5.91 Å². The van der Waals surface area contributed by atoms with Crippen LogP contribution in [0.3, 0.4) is 0 Å². The number of hydrogen-bond donors (Lipinski definition) is 3. The van der Waals surface area contributed by atoms with Crippen molar-refractivity contribution < 1.29 is 24.2 Å². The molecule has 3 N–H and O–H groups in total. The van der Waals surface area contributed by atoms with Crippen LogP contribution in [0.1, 0.15) is 28.4 Å². The summed E-state index contributed by atoms with van der Waals surface area (Å²) in [6, 6.07) is 6.79. The second-order valence-electron chi connectivity index (χ2n) is 7.97. The fourth-order valence-electron chi connectivity index (χ4n) is 3.29. The normalized spacial score (nSPS) is 11.9. The molecule has 0 bridgehead atoms. The Morgan fingerprint density at radius 1 is 1.18 bits per heavy atom. The SMILES string of the molecule is CC(CO)N(CC(=O)N(C)C)C(=O)c1c(O)c2ncc(Cc3ccc(F)cc3)cc2[nH]c1=O. The highest BCUT2D eigenvalue weighted by Gasteiger charge is 2.29. The summed E-state index contributed by atoms with van der Waals surface area (Å²) in [7, 11) is 3.03. The summed E-state index contributed by atoms with van der Waals surface area (Å²) >= 11 is 0. The van der Waals surface area contributed by atoms with E-state index >= 15 is 0 Å². The van der Waals surface area contributed by atoms with Crippen LogP contribution < -0.4 is 5.56 Å². The second kappa shape index (κ2) is 9.78. The van der Waals surface area contributed by atoms with Crippen molar-refractivity contribution in [3.8, 4) is 5.75 Å². The third-order valence-corrected chi connectivity index (χ3v) is 5.28. The molecule has 0 aliphatic rings. The van der Waals surface area contributed by atoms with Crippen molar-refractivity contribution in [2.24, 2.45) is 0 Å². The molecule has 0 saturated heterocycles. The van der Waals surface area contributed by atoms with E-state index in [4.69, 9.17) is 0 Å². The average Bonchev–Trinajstić information content (AvgIpc) is 2.77. The zero-order valence-electron chi connectivity index (χ0n) is 18.5. The summed E-state index contributed by atoms with van der Waals surface area (Å²) in [5.74, 6) is -2.27. The third kappa shape index (κ3) is 5.17. The Labute approximate surface area is 189 Å². The minimum absolute atomic E-state index is 0.0105. The Morgan fingerprint density at radius 2 is 1.85 bits per heavy atom. The molecule has 0 fully saturated rings. The van der Waals surface area contributed by atoms with E-state index in [9.17, 15) is 29.0 Å². The number of amides is 2. The molecule has 2 aromatic heterocycles. The van der Waals surface area contributed by atoms with Crippen molar-refractivity contribution in [3.05, 3.63) is 69.4 Å². The van der Waals surface area contributed by atoms with Gasteiger partial charge in [0.1, 0.15) is 23.4 Å². The number of aromatic amines is 1. The number of nitrogens with one attached hydrogen (secondary N) is 1. The first-order valence-corrected chi connectivity index (χ1v) is 10.2. The smallest absolute Gasteiger partial charge is 0.265 e. The number of hydrogen-bond acceptors (Lipinski definition) is 6. The number of likely N-dealkylation sites (N-methyl/N-ethyl adjacent to an activating group) is 1. The fourth-order valence-corrected chi connectivity index (χ4v) is 3.29. The van der Waals surface area contributed by atoms with E-state index in [1.54, 1.807) is 18.2 Å². The van der Waals surface area contributed by atoms with Crippen LogP contribution in [0.15, 0.2) is 41.3 Å². The van der Waals surface area contributed by atoms with Gasteiger partial charge in [-0.05, 0) is 42.7 Å². The van der Waals surface area contributed by atoms with E-state index in [1.807, 2.05) is 0 Å². The number of aliphatic hydroxyl groups is 1. The lowest BCUT2D eigenvalue weighted by Crippen LogP contribution is -2.47. The maximum absolute atomic E-state index is 13.1. The number of carbonyl (C=O) groups is 2. The molecule has 1 atom stereocenters. The Hall–Kier alpha value is -3.79. The number of aromatic hydroxyl groups is 1. The molecule has 2 amide bonds. The Morgan fingerprint density at radius 3 is 2.45 bits per heavy atom. The Balaban J connectivity index is 1.99. The van der Waals surface area contributed by atoms with E-state index in [2.05, 4.69) is 9.97 Å². The predicted molar refractivity (Wildman–Crippen MR) is 120 cm³/mol. The van der Waals surface area contributed by atoms with E-state index < -0.39 is 41.3 Å². The zero-order valence-corrected chi connectivity index (χ0v) is 18.5. The van der Waals surface area contributed by atoms with Crippen molar-refractivity contribution in [2.75, 3.05) is 27.2 Å². The summed E-state index contributed by atoms with van der Waals surface area (Å²) < 4.78 is 13.1. The Kier molecular flexibility index (Phi) is 7.07. The molecule has 1 aromatic carbocycles. The zero-order chi connectivity index (χ0) is 24.3. The quantitative estimate of drug-likeness (QED) is 0.492. The number of pyridine rings is 2. The van der Waals surface area contributed by atoms with Gasteiger partial charge in [-0.1, -0.05) is 12.1 Å². The minimum atomic E-state index is -0.899.